The van der Waals surface area contributed by atoms with Crippen LogP contribution >= 0.6 is 11.3 Å². The van der Waals surface area contributed by atoms with Gasteiger partial charge in [0, 0.05) is 37.3 Å². The number of benzene rings is 1. The maximum atomic E-state index is 13.5. The third-order valence-corrected chi connectivity index (χ3v) is 8.65. The van der Waals surface area contributed by atoms with Gasteiger partial charge in [-0.05, 0) is 74.4 Å². The normalized spacial score (nSPS) is 27.2. The second kappa shape index (κ2) is 10.2. The smallest absolute Gasteiger partial charge is 0.264 e. The molecule has 34 heavy (non-hydrogen) atoms. The first kappa shape index (κ1) is 23.5. The molecular weight excluding hydrogens is 444 g/mol. The first-order valence-corrected chi connectivity index (χ1v) is 13.6. The fourth-order valence-electron chi connectivity index (χ4n) is 5.58. The molecule has 2 saturated carbocycles. The van der Waals surface area contributed by atoms with Crippen molar-refractivity contribution in [2.75, 3.05) is 6.54 Å². The summed E-state index contributed by atoms with van der Waals surface area (Å²) in [5.74, 6) is -0.0190. The van der Waals surface area contributed by atoms with Crippen LogP contribution in [-0.4, -0.2) is 58.4 Å². The second-order valence-corrected chi connectivity index (χ2v) is 11.2. The first-order valence-electron chi connectivity index (χ1n) is 12.7. The summed E-state index contributed by atoms with van der Waals surface area (Å²) in [6, 6.07) is 13.0. The molecule has 7 heteroatoms. The topological polar surface area (TPSA) is 78.7 Å². The van der Waals surface area contributed by atoms with Gasteiger partial charge in [0.2, 0.25) is 5.91 Å². The fourth-order valence-corrected chi connectivity index (χ4v) is 6.26. The Bertz CT molecular complexity index is 998. The Labute approximate surface area is 206 Å². The number of amides is 2. The van der Waals surface area contributed by atoms with Crippen molar-refractivity contribution in [3.05, 3.63) is 57.8 Å². The van der Waals surface area contributed by atoms with Gasteiger partial charge in [0.05, 0.1) is 4.88 Å². The molecule has 3 N–H and O–H groups in total. The molecule has 1 saturated heterocycles. The number of aryl methyl sites for hydroxylation is 1. The van der Waals surface area contributed by atoms with Crippen LogP contribution in [0.3, 0.4) is 0 Å². The van der Waals surface area contributed by atoms with Crippen LogP contribution in [0.5, 0.6) is 0 Å². The number of nitrogens with zero attached hydrogens (tertiary/aromatic N) is 2. The molecule has 2 heterocycles. The van der Waals surface area contributed by atoms with Crippen molar-refractivity contribution in [2.45, 2.75) is 88.6 Å². The van der Waals surface area contributed by atoms with Crippen LogP contribution in [0.25, 0.3) is 0 Å². The van der Waals surface area contributed by atoms with Crippen LogP contribution in [0.4, 0.5) is 0 Å². The summed E-state index contributed by atoms with van der Waals surface area (Å²) >= 11 is 1.45. The molecule has 2 amide bonds. The maximum absolute atomic E-state index is 13.5. The van der Waals surface area contributed by atoms with E-state index in [0.717, 1.165) is 32.2 Å². The number of carbonyl (C=O) groups is 2. The lowest BCUT2D eigenvalue weighted by atomic mass is 9.91. The van der Waals surface area contributed by atoms with Crippen molar-refractivity contribution in [2.24, 2.45) is 5.73 Å². The summed E-state index contributed by atoms with van der Waals surface area (Å²) in [7, 11) is 0. The van der Waals surface area contributed by atoms with Crippen molar-refractivity contribution in [1.82, 2.24) is 15.1 Å². The Morgan fingerprint density at radius 1 is 1.06 bits per heavy atom. The van der Waals surface area contributed by atoms with E-state index in [-0.39, 0.29) is 29.9 Å². The largest absolute Gasteiger partial charge is 0.352 e. The van der Waals surface area contributed by atoms with Crippen LogP contribution in [0, 0.1) is 6.92 Å². The van der Waals surface area contributed by atoms with Crippen molar-refractivity contribution < 1.29 is 9.59 Å². The second-order valence-electron chi connectivity index (χ2n) is 10.3. The molecule has 2 atom stereocenters. The van der Waals surface area contributed by atoms with Gasteiger partial charge in [-0.1, -0.05) is 30.3 Å². The van der Waals surface area contributed by atoms with Crippen LogP contribution in [0.2, 0.25) is 0 Å². The number of hydrogen-bond acceptors (Lipinski definition) is 5. The zero-order valence-electron chi connectivity index (χ0n) is 20.0. The monoisotopic (exact) mass is 480 g/mol. The molecule has 1 aromatic carbocycles. The molecule has 6 nitrogen and oxygen atoms in total. The van der Waals surface area contributed by atoms with Gasteiger partial charge in [0.25, 0.3) is 5.91 Å². The molecule has 0 radical (unpaired) electrons. The number of hydrogen-bond donors (Lipinski definition) is 2. The highest BCUT2D eigenvalue weighted by Gasteiger charge is 2.45. The highest BCUT2D eigenvalue weighted by Crippen LogP contribution is 2.36. The molecule has 3 aliphatic rings. The number of nitrogens with two attached hydrogens (primary N) is 1. The zero-order valence-corrected chi connectivity index (χ0v) is 20.8. The minimum Gasteiger partial charge on any atom is -0.352 e. The average molecular weight is 481 g/mol. The average Bonchev–Trinajstić information content (AvgIpc) is 3.33. The first-order chi connectivity index (χ1) is 16.5. The number of carbonyl (C=O) groups excluding carboxylic acids is 2. The predicted octanol–water partition coefficient (Wildman–Crippen LogP) is 3.69. The Kier molecular flexibility index (Phi) is 7.04. The van der Waals surface area contributed by atoms with Gasteiger partial charge in [0.1, 0.15) is 6.04 Å². The highest BCUT2D eigenvalue weighted by molar-refractivity contribution is 7.12. The van der Waals surface area contributed by atoms with E-state index in [1.165, 1.54) is 35.3 Å². The van der Waals surface area contributed by atoms with E-state index < -0.39 is 6.04 Å². The SMILES string of the molecule is Cc1ccccc1CN(C1CC1)C1CC(C(=O)NC2CCC(N)CC2)N(C(=O)c2cccs2)C1. The minimum absolute atomic E-state index is 0.000448. The van der Waals surface area contributed by atoms with Crippen LogP contribution < -0.4 is 11.1 Å². The minimum atomic E-state index is -0.423. The van der Waals surface area contributed by atoms with E-state index >= 15 is 0 Å². The van der Waals surface area contributed by atoms with Crippen LogP contribution in [0.1, 0.15) is 65.7 Å². The molecule has 2 unspecified atom stereocenters. The molecule has 2 aliphatic carbocycles. The van der Waals surface area contributed by atoms with Crippen molar-refractivity contribution in [1.29, 1.82) is 0 Å². The van der Waals surface area contributed by atoms with E-state index in [9.17, 15) is 9.59 Å². The number of nitrogens with one attached hydrogen (secondary N) is 1. The van der Waals surface area contributed by atoms with Crippen molar-refractivity contribution in [3.63, 3.8) is 0 Å². The molecular formula is C27H36N4O2S. The third kappa shape index (κ3) is 5.21. The van der Waals surface area contributed by atoms with E-state index in [2.05, 4.69) is 41.4 Å². The van der Waals surface area contributed by atoms with E-state index in [1.54, 1.807) is 0 Å². The summed E-state index contributed by atoms with van der Waals surface area (Å²) in [4.78, 5) is 32.0. The summed E-state index contributed by atoms with van der Waals surface area (Å²) in [5.41, 5.74) is 8.68. The van der Waals surface area contributed by atoms with Crippen molar-refractivity contribution in [3.8, 4) is 0 Å². The van der Waals surface area contributed by atoms with Crippen molar-refractivity contribution >= 4 is 23.2 Å². The number of rotatable bonds is 7. The van der Waals surface area contributed by atoms with Crippen LogP contribution in [0.15, 0.2) is 41.8 Å². The number of thiophene rings is 1. The third-order valence-electron chi connectivity index (χ3n) is 7.79. The maximum Gasteiger partial charge on any atom is 0.264 e. The summed E-state index contributed by atoms with van der Waals surface area (Å²) in [6.07, 6.45) is 6.81. The van der Waals surface area contributed by atoms with E-state index in [0.29, 0.717) is 23.9 Å². The fraction of sp³-hybridized carbons (Fsp3) is 0.556. The van der Waals surface area contributed by atoms with E-state index in [4.69, 9.17) is 5.73 Å². The summed E-state index contributed by atoms with van der Waals surface area (Å²) in [5, 5.41) is 5.20. The lowest BCUT2D eigenvalue weighted by molar-refractivity contribution is -0.125. The molecule has 1 aliphatic heterocycles. The Hall–Kier alpha value is -2.22. The molecule has 1 aromatic heterocycles. The van der Waals surface area contributed by atoms with Gasteiger partial charge in [-0.25, -0.2) is 0 Å². The van der Waals surface area contributed by atoms with Gasteiger partial charge in [-0.15, -0.1) is 11.3 Å². The summed E-state index contributed by atoms with van der Waals surface area (Å²) < 4.78 is 0. The molecule has 0 spiro atoms. The molecule has 2 aromatic rings. The van der Waals surface area contributed by atoms with Gasteiger partial charge in [-0.3, -0.25) is 14.5 Å². The molecule has 182 valence electrons. The molecule has 0 bridgehead atoms. The van der Waals surface area contributed by atoms with Gasteiger partial charge < -0.3 is 16.0 Å². The van der Waals surface area contributed by atoms with Gasteiger partial charge >= 0.3 is 0 Å². The lowest BCUT2D eigenvalue weighted by Gasteiger charge is -2.30. The quantitative estimate of drug-likeness (QED) is 0.634. The van der Waals surface area contributed by atoms with Gasteiger partial charge in [-0.2, -0.15) is 0 Å². The summed E-state index contributed by atoms with van der Waals surface area (Å²) in [6.45, 7) is 3.64. The zero-order chi connectivity index (χ0) is 23.7. The molecule has 5 rings (SSSR count). The standard InChI is InChI=1S/C27H36N4O2S/c1-18-5-2-3-6-19(18)16-30(22-12-13-22)23-15-24(26(32)29-21-10-8-20(28)9-11-21)31(17-23)27(33)25-7-4-14-34-25/h2-7,14,20-24H,8-13,15-17,28H2,1H3,(H,29,32). The Morgan fingerprint density at radius 2 is 1.82 bits per heavy atom. The predicted molar refractivity (Wildman–Crippen MR) is 136 cm³/mol. The lowest BCUT2D eigenvalue weighted by Crippen LogP contribution is -2.50. The van der Waals surface area contributed by atoms with E-state index in [1.807, 2.05) is 22.4 Å². The number of likely N-dealkylation sites (tertiary alicyclic amines) is 1. The Balaban J connectivity index is 1.35. The highest BCUT2D eigenvalue weighted by atomic mass is 32.1. The Morgan fingerprint density at radius 3 is 2.50 bits per heavy atom. The molecule has 3 fully saturated rings. The van der Waals surface area contributed by atoms with Gasteiger partial charge in [0.15, 0.2) is 0 Å². The van der Waals surface area contributed by atoms with Crippen LogP contribution in [-0.2, 0) is 11.3 Å².